The maximum Gasteiger partial charge on any atom is 0.323 e. The molecule has 1 aromatic rings. The molecule has 0 radical (unpaired) electrons. The van der Waals surface area contributed by atoms with E-state index in [2.05, 4.69) is 40.3 Å². The van der Waals surface area contributed by atoms with Crippen LogP contribution < -0.4 is 5.32 Å². The molecule has 0 aliphatic heterocycles. The number of esters is 1. The highest BCUT2D eigenvalue weighted by Gasteiger charge is 2.37. The number of halogens is 1. The Morgan fingerprint density at radius 3 is 2.58 bits per heavy atom. The van der Waals surface area contributed by atoms with Gasteiger partial charge in [0.1, 0.15) is 6.04 Å². The minimum Gasteiger partial charge on any atom is -0.465 e. The average molecular weight is 326 g/mol. The van der Waals surface area contributed by atoms with Crippen LogP contribution in [0.25, 0.3) is 0 Å². The molecule has 0 bridgehead atoms. The zero-order valence-corrected chi connectivity index (χ0v) is 12.9. The second kappa shape index (κ2) is 6.53. The molecule has 1 saturated carbocycles. The van der Waals surface area contributed by atoms with Crippen molar-refractivity contribution in [2.45, 2.75) is 38.8 Å². The Bertz CT molecular complexity index is 428. The molecule has 0 unspecified atom stereocenters. The van der Waals surface area contributed by atoms with Crippen molar-refractivity contribution in [1.82, 2.24) is 5.32 Å². The van der Waals surface area contributed by atoms with Crippen LogP contribution in [0.15, 0.2) is 28.7 Å². The Hall–Kier alpha value is -0.870. The van der Waals surface area contributed by atoms with Crippen molar-refractivity contribution in [3.63, 3.8) is 0 Å². The first kappa shape index (κ1) is 14.5. The zero-order valence-electron chi connectivity index (χ0n) is 11.4. The molecule has 0 amide bonds. The third kappa shape index (κ3) is 4.05. The molecule has 2 rings (SSSR count). The fourth-order valence-corrected chi connectivity index (χ4v) is 2.44. The van der Waals surface area contributed by atoms with Gasteiger partial charge < -0.3 is 4.74 Å². The van der Waals surface area contributed by atoms with Gasteiger partial charge in [0.05, 0.1) is 6.61 Å². The summed E-state index contributed by atoms with van der Waals surface area (Å²) in [4.78, 5) is 12.0. The predicted molar refractivity (Wildman–Crippen MR) is 78.8 cm³/mol. The Labute approximate surface area is 122 Å². The van der Waals surface area contributed by atoms with E-state index in [0.29, 0.717) is 12.5 Å². The van der Waals surface area contributed by atoms with Crippen LogP contribution in [0.5, 0.6) is 0 Å². The monoisotopic (exact) mass is 325 g/mol. The van der Waals surface area contributed by atoms with Gasteiger partial charge in [0.25, 0.3) is 0 Å². The summed E-state index contributed by atoms with van der Waals surface area (Å²) in [7, 11) is 0. The summed E-state index contributed by atoms with van der Waals surface area (Å²) in [5, 5.41) is 3.41. The van der Waals surface area contributed by atoms with Crippen LogP contribution in [0.2, 0.25) is 0 Å². The van der Waals surface area contributed by atoms with Crippen molar-refractivity contribution in [3.05, 3.63) is 34.3 Å². The van der Waals surface area contributed by atoms with Crippen molar-refractivity contribution in [3.8, 4) is 0 Å². The highest BCUT2D eigenvalue weighted by Crippen LogP contribution is 2.34. The summed E-state index contributed by atoms with van der Waals surface area (Å²) in [6.07, 6.45) is 2.23. The SMILES string of the molecule is CCOC(=O)[C@@H](N[C@H](C)c1ccc(Br)cc1)C1CC1. The van der Waals surface area contributed by atoms with Crippen LogP contribution in [0.4, 0.5) is 0 Å². The summed E-state index contributed by atoms with van der Waals surface area (Å²) in [5.74, 6) is 0.325. The number of hydrogen-bond acceptors (Lipinski definition) is 3. The molecule has 1 aliphatic carbocycles. The highest BCUT2D eigenvalue weighted by atomic mass is 79.9. The van der Waals surface area contributed by atoms with E-state index in [0.717, 1.165) is 17.3 Å². The summed E-state index contributed by atoms with van der Waals surface area (Å²) in [5.41, 5.74) is 1.18. The van der Waals surface area contributed by atoms with E-state index in [1.165, 1.54) is 5.56 Å². The molecule has 1 aliphatic rings. The van der Waals surface area contributed by atoms with E-state index >= 15 is 0 Å². The van der Waals surface area contributed by atoms with Gasteiger partial charge in [0.15, 0.2) is 0 Å². The smallest absolute Gasteiger partial charge is 0.323 e. The molecule has 3 nitrogen and oxygen atoms in total. The Morgan fingerprint density at radius 1 is 1.42 bits per heavy atom. The lowest BCUT2D eigenvalue weighted by molar-refractivity contribution is -0.146. The summed E-state index contributed by atoms with van der Waals surface area (Å²) in [6, 6.07) is 8.14. The van der Waals surface area contributed by atoms with Crippen LogP contribution in [-0.4, -0.2) is 18.6 Å². The second-order valence-electron chi connectivity index (χ2n) is 5.01. The summed E-state index contributed by atoms with van der Waals surface area (Å²) >= 11 is 3.43. The molecule has 0 heterocycles. The van der Waals surface area contributed by atoms with E-state index in [1.54, 1.807) is 0 Å². The molecule has 0 saturated heterocycles. The van der Waals surface area contributed by atoms with Gasteiger partial charge in [-0.1, -0.05) is 28.1 Å². The normalized spacial score (nSPS) is 17.8. The van der Waals surface area contributed by atoms with Gasteiger partial charge in [-0.05, 0) is 50.3 Å². The largest absolute Gasteiger partial charge is 0.465 e. The third-order valence-electron chi connectivity index (χ3n) is 3.43. The molecule has 1 aromatic carbocycles. The Morgan fingerprint density at radius 2 is 2.05 bits per heavy atom. The minimum absolute atomic E-state index is 0.117. The molecule has 4 heteroatoms. The first-order valence-electron chi connectivity index (χ1n) is 6.80. The fraction of sp³-hybridized carbons (Fsp3) is 0.533. The van der Waals surface area contributed by atoms with Gasteiger partial charge in [-0.25, -0.2) is 0 Å². The first-order valence-corrected chi connectivity index (χ1v) is 7.59. The number of rotatable bonds is 6. The van der Waals surface area contributed by atoms with Gasteiger partial charge in [0.2, 0.25) is 0 Å². The first-order chi connectivity index (χ1) is 9.11. The van der Waals surface area contributed by atoms with Crippen molar-refractivity contribution >= 4 is 21.9 Å². The maximum atomic E-state index is 12.0. The predicted octanol–water partition coefficient (Wildman–Crippen LogP) is 3.44. The van der Waals surface area contributed by atoms with E-state index in [-0.39, 0.29) is 18.1 Å². The number of ether oxygens (including phenoxy) is 1. The molecule has 0 spiro atoms. The average Bonchev–Trinajstić information content (AvgIpc) is 3.21. The standard InChI is InChI=1S/C15H20BrNO2/c1-3-19-15(18)14(12-4-5-12)17-10(2)11-6-8-13(16)9-7-11/h6-10,12,14,17H,3-5H2,1-2H3/t10-,14+/m1/s1. The van der Waals surface area contributed by atoms with Crippen LogP contribution in [-0.2, 0) is 9.53 Å². The maximum absolute atomic E-state index is 12.0. The molecule has 19 heavy (non-hydrogen) atoms. The van der Waals surface area contributed by atoms with Crippen molar-refractivity contribution in [2.24, 2.45) is 5.92 Å². The molecule has 104 valence electrons. The zero-order chi connectivity index (χ0) is 13.8. The van der Waals surface area contributed by atoms with Crippen LogP contribution in [0.3, 0.4) is 0 Å². The molecular weight excluding hydrogens is 306 g/mol. The lowest BCUT2D eigenvalue weighted by atomic mass is 10.1. The number of hydrogen-bond donors (Lipinski definition) is 1. The molecule has 1 N–H and O–H groups in total. The van der Waals surface area contributed by atoms with E-state index in [1.807, 2.05) is 19.1 Å². The van der Waals surface area contributed by atoms with Gasteiger partial charge in [-0.2, -0.15) is 0 Å². The van der Waals surface area contributed by atoms with Gasteiger partial charge in [-0.3, -0.25) is 10.1 Å². The lowest BCUT2D eigenvalue weighted by Gasteiger charge is -2.22. The second-order valence-corrected chi connectivity index (χ2v) is 5.92. The van der Waals surface area contributed by atoms with Crippen molar-refractivity contribution in [2.75, 3.05) is 6.61 Å². The number of carbonyl (C=O) groups excluding carboxylic acids is 1. The molecular formula is C15H20BrNO2. The quantitative estimate of drug-likeness (QED) is 0.814. The van der Waals surface area contributed by atoms with E-state index < -0.39 is 0 Å². The van der Waals surface area contributed by atoms with Crippen molar-refractivity contribution < 1.29 is 9.53 Å². The number of benzene rings is 1. The fourth-order valence-electron chi connectivity index (χ4n) is 2.18. The van der Waals surface area contributed by atoms with Gasteiger partial charge >= 0.3 is 5.97 Å². The molecule has 0 aromatic heterocycles. The minimum atomic E-state index is -0.168. The van der Waals surface area contributed by atoms with Crippen LogP contribution >= 0.6 is 15.9 Å². The van der Waals surface area contributed by atoms with Crippen LogP contribution in [0.1, 0.15) is 38.3 Å². The lowest BCUT2D eigenvalue weighted by Crippen LogP contribution is -2.41. The number of nitrogens with one attached hydrogen (secondary N) is 1. The van der Waals surface area contributed by atoms with Crippen LogP contribution in [0, 0.1) is 5.92 Å². The molecule has 2 atom stereocenters. The topological polar surface area (TPSA) is 38.3 Å². The van der Waals surface area contributed by atoms with E-state index in [4.69, 9.17) is 4.74 Å². The van der Waals surface area contributed by atoms with Crippen molar-refractivity contribution in [1.29, 1.82) is 0 Å². The summed E-state index contributed by atoms with van der Waals surface area (Å²) < 4.78 is 6.21. The summed E-state index contributed by atoms with van der Waals surface area (Å²) in [6.45, 7) is 4.37. The Kier molecular flexibility index (Phi) is 4.99. The highest BCUT2D eigenvalue weighted by molar-refractivity contribution is 9.10. The molecule has 1 fully saturated rings. The van der Waals surface area contributed by atoms with E-state index in [9.17, 15) is 4.79 Å². The van der Waals surface area contributed by atoms with Gasteiger partial charge in [0, 0.05) is 10.5 Å². The number of carbonyl (C=O) groups is 1. The third-order valence-corrected chi connectivity index (χ3v) is 3.96. The Balaban J connectivity index is 2.00. The van der Waals surface area contributed by atoms with Gasteiger partial charge in [-0.15, -0.1) is 0 Å².